The van der Waals surface area contributed by atoms with Gasteiger partial charge in [-0.1, -0.05) is 0 Å². The van der Waals surface area contributed by atoms with Crippen molar-refractivity contribution in [1.29, 1.82) is 0 Å². The number of alkyl halides is 6. The monoisotopic (exact) mass is 373 g/mol. The molecule has 11 heteroatoms. The lowest BCUT2D eigenvalue weighted by molar-refractivity contribution is -0.143. The molecule has 0 aliphatic heterocycles. The summed E-state index contributed by atoms with van der Waals surface area (Å²) in [6, 6.07) is 1.23. The average molecular weight is 373 g/mol. The normalized spacial score (nSPS) is 12.4. The number of nitrogens with zero attached hydrogens (tertiary/aromatic N) is 5. The topological polar surface area (TPSA) is 56.5 Å². The van der Waals surface area contributed by atoms with Gasteiger partial charge in [0.05, 0.1) is 17.7 Å². The third-order valence-corrected chi connectivity index (χ3v) is 3.34. The Balaban J connectivity index is 1.98. The zero-order chi connectivity index (χ0) is 18.9. The Bertz CT molecular complexity index is 869. The Kier molecular flexibility index (Phi) is 4.38. The molecule has 0 aliphatic rings. The molecule has 0 atom stereocenters. The number of hydrogen-bond acceptors (Lipinski definition) is 4. The van der Waals surface area contributed by atoms with E-state index < -0.39 is 23.5 Å². The highest BCUT2D eigenvalue weighted by Crippen LogP contribution is 2.38. The molecule has 0 unspecified atom stereocenters. The minimum atomic E-state index is -4.93. The summed E-state index contributed by atoms with van der Waals surface area (Å²) in [6.45, 7) is 0.166. The molecular formula is C15H9F6N5. The Morgan fingerprint density at radius 1 is 0.846 bits per heavy atom. The molecule has 0 fully saturated rings. The van der Waals surface area contributed by atoms with E-state index in [-0.39, 0.29) is 24.0 Å². The number of rotatable bonds is 3. The molecule has 2 aromatic heterocycles. The van der Waals surface area contributed by atoms with Crippen LogP contribution in [0.15, 0.2) is 43.2 Å². The van der Waals surface area contributed by atoms with Crippen molar-refractivity contribution in [1.82, 2.24) is 24.7 Å². The van der Waals surface area contributed by atoms with Gasteiger partial charge in [0.15, 0.2) is 5.82 Å². The molecular weight excluding hydrogens is 364 g/mol. The highest BCUT2D eigenvalue weighted by Gasteiger charge is 2.37. The van der Waals surface area contributed by atoms with E-state index in [0.29, 0.717) is 17.7 Å². The van der Waals surface area contributed by atoms with Crippen LogP contribution in [-0.4, -0.2) is 24.7 Å². The van der Waals surface area contributed by atoms with Crippen molar-refractivity contribution >= 4 is 0 Å². The van der Waals surface area contributed by atoms with Crippen molar-refractivity contribution in [3.05, 3.63) is 59.9 Å². The Morgan fingerprint density at radius 2 is 1.42 bits per heavy atom. The maximum absolute atomic E-state index is 12.9. The van der Waals surface area contributed by atoms with Gasteiger partial charge in [0.2, 0.25) is 0 Å². The Labute approximate surface area is 142 Å². The zero-order valence-electron chi connectivity index (χ0n) is 12.8. The van der Waals surface area contributed by atoms with Gasteiger partial charge in [-0.05, 0) is 18.2 Å². The molecule has 0 saturated heterocycles. The first-order valence-corrected chi connectivity index (χ1v) is 7.06. The van der Waals surface area contributed by atoms with Crippen LogP contribution >= 0.6 is 0 Å². The summed E-state index contributed by atoms with van der Waals surface area (Å²) in [5.41, 5.74) is -2.58. The third kappa shape index (κ3) is 3.98. The highest BCUT2D eigenvalue weighted by molar-refractivity contribution is 5.58. The van der Waals surface area contributed by atoms with Gasteiger partial charge in [-0.2, -0.15) is 31.4 Å². The van der Waals surface area contributed by atoms with Crippen LogP contribution in [0.2, 0.25) is 0 Å². The molecule has 0 radical (unpaired) electrons. The van der Waals surface area contributed by atoms with E-state index in [0.717, 1.165) is 0 Å². The first kappa shape index (κ1) is 17.8. The molecule has 2 heterocycles. The van der Waals surface area contributed by atoms with Crippen molar-refractivity contribution < 1.29 is 26.3 Å². The van der Waals surface area contributed by atoms with Crippen LogP contribution in [0.25, 0.3) is 11.4 Å². The van der Waals surface area contributed by atoms with Crippen LogP contribution < -0.4 is 0 Å². The second kappa shape index (κ2) is 6.39. The summed E-state index contributed by atoms with van der Waals surface area (Å²) in [5.74, 6) is -0.251. The second-order valence-electron chi connectivity index (χ2n) is 5.31. The van der Waals surface area contributed by atoms with Gasteiger partial charge in [-0.25, -0.2) is 19.6 Å². The van der Waals surface area contributed by atoms with Crippen LogP contribution in [0.1, 0.15) is 16.7 Å². The first-order chi connectivity index (χ1) is 12.1. The van der Waals surface area contributed by atoms with E-state index >= 15 is 0 Å². The molecule has 3 rings (SSSR count). The fraction of sp³-hybridized carbons (Fsp3) is 0.200. The standard InChI is InChI=1S/C15H9F6N5/c16-14(17,18)11-1-10(2-12(3-11)15(19,20)21)13-24-8-26(25-13)6-9-4-22-7-23-5-9/h1-5,7-8H,6H2. The van der Waals surface area contributed by atoms with Gasteiger partial charge >= 0.3 is 12.4 Å². The van der Waals surface area contributed by atoms with E-state index in [4.69, 9.17) is 0 Å². The van der Waals surface area contributed by atoms with Gasteiger partial charge in [-0.15, -0.1) is 0 Å². The summed E-state index contributed by atoms with van der Waals surface area (Å²) >= 11 is 0. The van der Waals surface area contributed by atoms with Crippen molar-refractivity contribution in [3.63, 3.8) is 0 Å². The molecule has 136 valence electrons. The van der Waals surface area contributed by atoms with E-state index in [1.54, 1.807) is 0 Å². The van der Waals surface area contributed by atoms with Gasteiger partial charge in [0.25, 0.3) is 0 Å². The number of hydrogen-bond donors (Lipinski definition) is 0. The lowest BCUT2D eigenvalue weighted by atomic mass is 10.0. The van der Waals surface area contributed by atoms with E-state index in [1.807, 2.05) is 0 Å². The van der Waals surface area contributed by atoms with Crippen molar-refractivity contribution in [2.75, 3.05) is 0 Å². The SMILES string of the molecule is FC(F)(F)c1cc(-c2ncn(Cc3cncnc3)n2)cc(C(F)(F)F)c1. The minimum absolute atomic E-state index is 0.0573. The quantitative estimate of drug-likeness (QED) is 0.655. The maximum Gasteiger partial charge on any atom is 0.416 e. The van der Waals surface area contributed by atoms with E-state index in [2.05, 4.69) is 20.1 Å². The zero-order valence-corrected chi connectivity index (χ0v) is 12.8. The number of aromatic nitrogens is 5. The van der Waals surface area contributed by atoms with Crippen molar-refractivity contribution in [2.45, 2.75) is 18.9 Å². The van der Waals surface area contributed by atoms with Crippen LogP contribution in [0.3, 0.4) is 0 Å². The molecule has 0 N–H and O–H groups in total. The maximum atomic E-state index is 12.9. The molecule has 1 aromatic carbocycles. The third-order valence-electron chi connectivity index (χ3n) is 3.34. The largest absolute Gasteiger partial charge is 0.416 e. The van der Waals surface area contributed by atoms with Gasteiger partial charge in [0.1, 0.15) is 12.7 Å². The first-order valence-electron chi connectivity index (χ1n) is 7.06. The highest BCUT2D eigenvalue weighted by atomic mass is 19.4. The van der Waals surface area contributed by atoms with Crippen molar-refractivity contribution in [2.24, 2.45) is 0 Å². The molecule has 0 aliphatic carbocycles. The lowest BCUT2D eigenvalue weighted by Crippen LogP contribution is -2.11. The molecule has 3 aromatic rings. The molecule has 0 saturated carbocycles. The van der Waals surface area contributed by atoms with Crippen molar-refractivity contribution in [3.8, 4) is 11.4 Å². The van der Waals surface area contributed by atoms with Crippen LogP contribution in [0.4, 0.5) is 26.3 Å². The fourth-order valence-corrected chi connectivity index (χ4v) is 2.19. The average Bonchev–Trinajstić information content (AvgIpc) is 3.02. The smallest absolute Gasteiger partial charge is 0.248 e. The fourth-order valence-electron chi connectivity index (χ4n) is 2.19. The summed E-state index contributed by atoms with van der Waals surface area (Å²) in [4.78, 5) is 11.4. The van der Waals surface area contributed by atoms with Gasteiger partial charge in [-0.3, -0.25) is 0 Å². The second-order valence-corrected chi connectivity index (χ2v) is 5.31. The molecule has 0 amide bonds. The number of halogens is 6. The molecule has 26 heavy (non-hydrogen) atoms. The summed E-state index contributed by atoms with van der Waals surface area (Å²) < 4.78 is 78.8. The van der Waals surface area contributed by atoms with E-state index in [9.17, 15) is 26.3 Å². The Hall–Kier alpha value is -2.98. The summed E-state index contributed by atoms with van der Waals surface area (Å²) in [7, 11) is 0. The predicted molar refractivity (Wildman–Crippen MR) is 76.6 cm³/mol. The lowest BCUT2D eigenvalue weighted by Gasteiger charge is -2.13. The van der Waals surface area contributed by atoms with Crippen LogP contribution in [0.5, 0.6) is 0 Å². The van der Waals surface area contributed by atoms with Crippen LogP contribution in [0, 0.1) is 0 Å². The molecule has 5 nitrogen and oxygen atoms in total. The van der Waals surface area contributed by atoms with E-state index in [1.165, 1.54) is 29.7 Å². The molecule has 0 spiro atoms. The molecule has 0 bridgehead atoms. The number of benzene rings is 1. The summed E-state index contributed by atoms with van der Waals surface area (Å²) in [5, 5.41) is 3.94. The van der Waals surface area contributed by atoms with Crippen LogP contribution in [-0.2, 0) is 18.9 Å². The predicted octanol–water partition coefficient (Wildman–Crippen LogP) is 3.82. The minimum Gasteiger partial charge on any atom is -0.248 e. The van der Waals surface area contributed by atoms with Gasteiger partial charge < -0.3 is 0 Å². The Morgan fingerprint density at radius 3 is 1.96 bits per heavy atom. The summed E-state index contributed by atoms with van der Waals surface area (Å²) in [6.07, 6.45) is -4.34. The van der Waals surface area contributed by atoms with Gasteiger partial charge in [0, 0.05) is 23.5 Å².